The van der Waals surface area contributed by atoms with Crippen LogP contribution >= 0.6 is 15.9 Å². The van der Waals surface area contributed by atoms with Crippen molar-refractivity contribution >= 4 is 15.9 Å². The average molecular weight is 288 g/mol. The monoisotopic (exact) mass is 287 g/mol. The van der Waals surface area contributed by atoms with E-state index in [1.165, 1.54) is 6.07 Å². The summed E-state index contributed by atoms with van der Waals surface area (Å²) in [5.74, 6) is -0.219. The lowest BCUT2D eigenvalue weighted by Crippen LogP contribution is -2.37. The van der Waals surface area contributed by atoms with Crippen molar-refractivity contribution in [2.24, 2.45) is 0 Å². The second-order valence-corrected chi connectivity index (χ2v) is 5.39. The van der Waals surface area contributed by atoms with Crippen LogP contribution in [0.4, 0.5) is 4.39 Å². The topological polar surface area (TPSA) is 32.3 Å². The van der Waals surface area contributed by atoms with Gasteiger partial charge in [-0.3, -0.25) is 0 Å². The number of rotatable bonds is 4. The Morgan fingerprint density at radius 2 is 2.25 bits per heavy atom. The molecule has 1 aliphatic carbocycles. The molecule has 4 heteroatoms. The molecule has 0 radical (unpaired) electrons. The van der Waals surface area contributed by atoms with Gasteiger partial charge in [0.15, 0.2) is 0 Å². The molecule has 2 N–H and O–H groups in total. The fourth-order valence-electron chi connectivity index (χ4n) is 1.89. The quantitative estimate of drug-likeness (QED) is 0.893. The molecular formula is C12H15BrFNO. The van der Waals surface area contributed by atoms with Gasteiger partial charge in [-0.1, -0.05) is 22.0 Å². The maximum Gasteiger partial charge on any atom is 0.129 e. The van der Waals surface area contributed by atoms with Gasteiger partial charge in [0.2, 0.25) is 0 Å². The molecule has 16 heavy (non-hydrogen) atoms. The Bertz CT molecular complexity index is 393. The number of nitrogens with one attached hydrogen (secondary N) is 1. The summed E-state index contributed by atoms with van der Waals surface area (Å²) in [4.78, 5) is 0. The summed E-state index contributed by atoms with van der Waals surface area (Å²) in [6.07, 6.45) is 1.93. The molecule has 0 amide bonds. The van der Waals surface area contributed by atoms with Gasteiger partial charge in [0.05, 0.1) is 6.61 Å². The summed E-state index contributed by atoms with van der Waals surface area (Å²) in [6.45, 7) is 2.04. The third-order valence-electron chi connectivity index (χ3n) is 3.11. The second-order valence-electron chi connectivity index (χ2n) is 4.47. The lowest BCUT2D eigenvalue weighted by molar-refractivity contribution is 0.220. The highest BCUT2D eigenvalue weighted by Crippen LogP contribution is 2.37. The lowest BCUT2D eigenvalue weighted by Gasteiger charge is -2.21. The van der Waals surface area contributed by atoms with Crippen LogP contribution in [0, 0.1) is 5.82 Å². The molecule has 1 atom stereocenters. The van der Waals surface area contributed by atoms with Gasteiger partial charge < -0.3 is 10.4 Å². The standard InChI is InChI=1S/C12H15BrFNO/c1-8(15-12(7-16)4-5-12)10-3-2-9(13)6-11(10)14/h2-3,6,8,15-16H,4-5,7H2,1H3/t8-/m0/s1. The van der Waals surface area contributed by atoms with Gasteiger partial charge in [0, 0.05) is 21.6 Å². The summed E-state index contributed by atoms with van der Waals surface area (Å²) in [6, 6.07) is 4.98. The Labute approximate surface area is 103 Å². The minimum absolute atomic E-state index is 0.0808. The maximum absolute atomic E-state index is 13.7. The molecule has 0 bridgehead atoms. The van der Waals surface area contributed by atoms with E-state index in [2.05, 4.69) is 21.2 Å². The first-order valence-electron chi connectivity index (χ1n) is 5.40. The Morgan fingerprint density at radius 3 is 2.75 bits per heavy atom. The fourth-order valence-corrected chi connectivity index (χ4v) is 2.22. The van der Waals surface area contributed by atoms with E-state index in [4.69, 9.17) is 0 Å². The predicted molar refractivity (Wildman–Crippen MR) is 64.7 cm³/mol. The van der Waals surface area contributed by atoms with Gasteiger partial charge >= 0.3 is 0 Å². The van der Waals surface area contributed by atoms with Crippen molar-refractivity contribution in [2.75, 3.05) is 6.61 Å². The zero-order valence-electron chi connectivity index (χ0n) is 9.13. The van der Waals surface area contributed by atoms with Crippen LogP contribution in [-0.2, 0) is 0 Å². The van der Waals surface area contributed by atoms with Crippen molar-refractivity contribution in [3.8, 4) is 0 Å². The summed E-state index contributed by atoms with van der Waals surface area (Å²) in [5, 5.41) is 12.5. The van der Waals surface area contributed by atoms with Gasteiger partial charge in [-0.05, 0) is 31.9 Å². The average Bonchev–Trinajstić information content (AvgIpc) is 2.98. The third kappa shape index (κ3) is 2.44. The number of halogens is 2. The van der Waals surface area contributed by atoms with E-state index in [-0.39, 0.29) is 24.0 Å². The molecule has 0 aliphatic heterocycles. The molecule has 88 valence electrons. The van der Waals surface area contributed by atoms with E-state index in [1.54, 1.807) is 6.07 Å². The SMILES string of the molecule is C[C@H](NC1(CO)CC1)c1ccc(Br)cc1F. The highest BCUT2D eigenvalue weighted by atomic mass is 79.9. The summed E-state index contributed by atoms with van der Waals surface area (Å²) in [7, 11) is 0. The molecule has 1 fully saturated rings. The smallest absolute Gasteiger partial charge is 0.129 e. The molecule has 0 spiro atoms. The first-order chi connectivity index (χ1) is 7.56. The maximum atomic E-state index is 13.7. The Kier molecular flexibility index (Phi) is 3.33. The van der Waals surface area contributed by atoms with Crippen LogP contribution in [0.5, 0.6) is 0 Å². The summed E-state index contributed by atoms with van der Waals surface area (Å²) < 4.78 is 14.4. The molecule has 0 unspecified atom stereocenters. The first-order valence-corrected chi connectivity index (χ1v) is 6.19. The Balaban J connectivity index is 2.11. The van der Waals surface area contributed by atoms with E-state index in [0.29, 0.717) is 5.56 Å². The molecular weight excluding hydrogens is 273 g/mol. The predicted octanol–water partition coefficient (Wildman–Crippen LogP) is 2.76. The van der Waals surface area contributed by atoms with E-state index >= 15 is 0 Å². The van der Waals surface area contributed by atoms with Gasteiger partial charge in [-0.2, -0.15) is 0 Å². The molecule has 1 aromatic carbocycles. The van der Waals surface area contributed by atoms with Crippen LogP contribution in [0.3, 0.4) is 0 Å². The molecule has 0 heterocycles. The van der Waals surface area contributed by atoms with Gasteiger partial charge in [-0.15, -0.1) is 0 Å². The normalized spacial score (nSPS) is 19.5. The summed E-state index contributed by atoms with van der Waals surface area (Å²) >= 11 is 3.23. The summed E-state index contributed by atoms with van der Waals surface area (Å²) in [5.41, 5.74) is 0.474. The van der Waals surface area contributed by atoms with Crippen LogP contribution < -0.4 is 5.32 Å². The first kappa shape index (κ1) is 12.0. The lowest BCUT2D eigenvalue weighted by atomic mass is 10.1. The van der Waals surface area contributed by atoms with Crippen LogP contribution in [0.15, 0.2) is 22.7 Å². The number of hydrogen-bond donors (Lipinski definition) is 2. The second kappa shape index (κ2) is 4.43. The van der Waals surface area contributed by atoms with Gasteiger partial charge in [0.1, 0.15) is 5.82 Å². The molecule has 0 saturated heterocycles. The number of aliphatic hydroxyl groups is 1. The minimum atomic E-state index is -0.219. The van der Waals surface area contributed by atoms with Crippen LogP contribution in [0.2, 0.25) is 0 Å². The number of hydrogen-bond acceptors (Lipinski definition) is 2. The van der Waals surface area contributed by atoms with Crippen molar-refractivity contribution in [1.82, 2.24) is 5.32 Å². The van der Waals surface area contributed by atoms with Gasteiger partial charge in [0.25, 0.3) is 0 Å². The largest absolute Gasteiger partial charge is 0.394 e. The highest BCUT2D eigenvalue weighted by molar-refractivity contribution is 9.10. The fraction of sp³-hybridized carbons (Fsp3) is 0.500. The van der Waals surface area contributed by atoms with Crippen molar-refractivity contribution in [3.05, 3.63) is 34.1 Å². The molecule has 1 aromatic rings. The number of benzene rings is 1. The van der Waals surface area contributed by atoms with Crippen LogP contribution in [0.25, 0.3) is 0 Å². The highest BCUT2D eigenvalue weighted by Gasteiger charge is 2.42. The molecule has 1 aliphatic rings. The van der Waals surface area contributed by atoms with Crippen LogP contribution in [-0.4, -0.2) is 17.3 Å². The minimum Gasteiger partial charge on any atom is -0.394 e. The van der Waals surface area contributed by atoms with E-state index in [1.807, 2.05) is 13.0 Å². The van der Waals surface area contributed by atoms with Crippen molar-refractivity contribution < 1.29 is 9.50 Å². The van der Waals surface area contributed by atoms with E-state index < -0.39 is 0 Å². The van der Waals surface area contributed by atoms with Crippen molar-refractivity contribution in [1.29, 1.82) is 0 Å². The van der Waals surface area contributed by atoms with Crippen molar-refractivity contribution in [3.63, 3.8) is 0 Å². The Hall–Kier alpha value is -0.450. The Morgan fingerprint density at radius 1 is 1.56 bits per heavy atom. The van der Waals surface area contributed by atoms with E-state index in [0.717, 1.165) is 17.3 Å². The van der Waals surface area contributed by atoms with Crippen molar-refractivity contribution in [2.45, 2.75) is 31.3 Å². The zero-order chi connectivity index (χ0) is 11.8. The molecule has 1 saturated carbocycles. The third-order valence-corrected chi connectivity index (χ3v) is 3.60. The van der Waals surface area contributed by atoms with Crippen LogP contribution in [0.1, 0.15) is 31.4 Å². The molecule has 2 nitrogen and oxygen atoms in total. The number of aliphatic hydroxyl groups excluding tert-OH is 1. The zero-order valence-corrected chi connectivity index (χ0v) is 10.7. The van der Waals surface area contributed by atoms with E-state index in [9.17, 15) is 9.50 Å². The molecule has 0 aromatic heterocycles. The van der Waals surface area contributed by atoms with Gasteiger partial charge in [-0.25, -0.2) is 4.39 Å². The molecule has 2 rings (SSSR count).